The number of hydrogen-bond acceptors (Lipinski definition) is 7. The Hall–Kier alpha value is -2.74. The highest BCUT2D eigenvalue weighted by atomic mass is 32.2. The lowest BCUT2D eigenvalue weighted by atomic mass is 9.82. The van der Waals surface area contributed by atoms with Gasteiger partial charge in [0.1, 0.15) is 5.82 Å². The van der Waals surface area contributed by atoms with Gasteiger partial charge in [-0.15, -0.1) is 0 Å². The highest BCUT2D eigenvalue weighted by Gasteiger charge is 2.48. The van der Waals surface area contributed by atoms with E-state index in [1.165, 1.54) is 23.8 Å². The standard InChI is InChI=1S/C20H22N2O5S/c1-5-27-20(25)15-13(12-8-6-10(2)7-9-12)14(19(24)26-4)16(21)22-17(23)11(3)28-18(15)22/h6-9,11,13H,5,21H2,1-4H3/t11-,13+/m1/s1. The zero-order valence-corrected chi connectivity index (χ0v) is 17.0. The number of ether oxygens (including phenoxy) is 2. The van der Waals surface area contributed by atoms with Crippen LogP contribution in [0.4, 0.5) is 0 Å². The number of nitrogens with zero attached hydrogens (tertiary/aromatic N) is 1. The molecule has 0 aliphatic carbocycles. The number of thioether (sulfide) groups is 1. The van der Waals surface area contributed by atoms with Crippen molar-refractivity contribution in [2.45, 2.75) is 31.9 Å². The van der Waals surface area contributed by atoms with Gasteiger partial charge in [-0.3, -0.25) is 9.69 Å². The summed E-state index contributed by atoms with van der Waals surface area (Å²) >= 11 is 1.24. The molecule has 1 amide bonds. The van der Waals surface area contributed by atoms with Crippen molar-refractivity contribution in [1.82, 2.24) is 4.90 Å². The molecule has 148 valence electrons. The highest BCUT2D eigenvalue weighted by molar-refractivity contribution is 8.04. The Morgan fingerprint density at radius 1 is 1.18 bits per heavy atom. The maximum atomic E-state index is 12.9. The quantitative estimate of drug-likeness (QED) is 0.771. The van der Waals surface area contributed by atoms with E-state index in [9.17, 15) is 14.4 Å². The summed E-state index contributed by atoms with van der Waals surface area (Å²) in [5.41, 5.74) is 8.27. The first kappa shape index (κ1) is 20.0. The Labute approximate surface area is 167 Å². The number of rotatable bonds is 4. The smallest absolute Gasteiger partial charge is 0.338 e. The van der Waals surface area contributed by atoms with E-state index < -0.39 is 23.1 Å². The summed E-state index contributed by atoms with van der Waals surface area (Å²) in [7, 11) is 1.24. The summed E-state index contributed by atoms with van der Waals surface area (Å²) in [6, 6.07) is 7.43. The van der Waals surface area contributed by atoms with Gasteiger partial charge in [0.2, 0.25) is 5.91 Å². The van der Waals surface area contributed by atoms with E-state index in [0.29, 0.717) is 10.6 Å². The first-order valence-electron chi connectivity index (χ1n) is 8.88. The summed E-state index contributed by atoms with van der Waals surface area (Å²) in [6.07, 6.45) is 0. The largest absolute Gasteiger partial charge is 0.466 e. The second-order valence-electron chi connectivity index (χ2n) is 6.51. The minimum atomic E-state index is -0.788. The number of nitrogens with two attached hydrogens (primary N) is 1. The van der Waals surface area contributed by atoms with Gasteiger partial charge in [-0.1, -0.05) is 41.6 Å². The Kier molecular flexibility index (Phi) is 5.51. The van der Waals surface area contributed by atoms with Crippen molar-refractivity contribution >= 4 is 29.6 Å². The lowest BCUT2D eigenvalue weighted by molar-refractivity contribution is -0.139. The van der Waals surface area contributed by atoms with Gasteiger partial charge in [0, 0.05) is 0 Å². The number of methoxy groups -OCH3 is 1. The van der Waals surface area contributed by atoms with Crippen molar-refractivity contribution in [3.63, 3.8) is 0 Å². The van der Waals surface area contributed by atoms with E-state index in [1.54, 1.807) is 13.8 Å². The molecule has 2 aliphatic heterocycles. The van der Waals surface area contributed by atoms with Gasteiger partial charge in [-0.2, -0.15) is 0 Å². The highest BCUT2D eigenvalue weighted by Crippen LogP contribution is 2.49. The minimum Gasteiger partial charge on any atom is -0.466 e. The number of aryl methyl sites for hydroxylation is 1. The van der Waals surface area contributed by atoms with Crippen molar-refractivity contribution in [2.24, 2.45) is 5.73 Å². The van der Waals surface area contributed by atoms with Crippen LogP contribution in [0.1, 0.15) is 30.9 Å². The molecule has 1 saturated heterocycles. The lowest BCUT2D eigenvalue weighted by Gasteiger charge is -2.33. The van der Waals surface area contributed by atoms with Gasteiger partial charge in [-0.25, -0.2) is 9.59 Å². The van der Waals surface area contributed by atoms with E-state index in [4.69, 9.17) is 15.2 Å². The molecule has 2 atom stereocenters. The summed E-state index contributed by atoms with van der Waals surface area (Å²) < 4.78 is 10.2. The molecule has 1 fully saturated rings. The van der Waals surface area contributed by atoms with Crippen LogP contribution in [0.3, 0.4) is 0 Å². The summed E-state index contributed by atoms with van der Waals surface area (Å²) in [4.78, 5) is 39.5. The van der Waals surface area contributed by atoms with Crippen LogP contribution in [-0.2, 0) is 23.9 Å². The predicted molar refractivity (Wildman–Crippen MR) is 105 cm³/mol. The minimum absolute atomic E-state index is 0.0117. The fourth-order valence-electron chi connectivity index (χ4n) is 3.34. The van der Waals surface area contributed by atoms with Crippen molar-refractivity contribution in [3.8, 4) is 0 Å². The van der Waals surface area contributed by atoms with Gasteiger partial charge < -0.3 is 15.2 Å². The zero-order valence-electron chi connectivity index (χ0n) is 16.1. The van der Waals surface area contributed by atoms with Crippen LogP contribution in [-0.4, -0.2) is 41.7 Å². The SMILES string of the molecule is CCOC(=O)C1=C2S[C@H](C)C(=O)N2C(N)=C(C(=O)OC)[C@@H]1c1ccc(C)cc1. The average Bonchev–Trinajstić information content (AvgIpc) is 2.96. The fraction of sp³-hybridized carbons (Fsp3) is 0.350. The van der Waals surface area contributed by atoms with Crippen LogP contribution in [0.15, 0.2) is 46.3 Å². The summed E-state index contributed by atoms with van der Waals surface area (Å²) in [5.74, 6) is -2.37. The Morgan fingerprint density at radius 2 is 1.82 bits per heavy atom. The van der Waals surface area contributed by atoms with Crippen molar-refractivity contribution in [3.05, 3.63) is 57.4 Å². The Bertz CT molecular complexity index is 904. The first-order chi connectivity index (χ1) is 13.3. The molecular formula is C20H22N2O5S. The number of benzene rings is 1. The predicted octanol–water partition coefficient (Wildman–Crippen LogP) is 2.17. The molecule has 0 spiro atoms. The third-order valence-corrected chi connectivity index (χ3v) is 5.88. The number of esters is 2. The zero-order chi connectivity index (χ0) is 20.6. The van der Waals surface area contributed by atoms with Gasteiger partial charge >= 0.3 is 11.9 Å². The second-order valence-corrected chi connectivity index (χ2v) is 7.84. The maximum Gasteiger partial charge on any atom is 0.338 e. The number of amides is 1. The molecule has 0 unspecified atom stereocenters. The van der Waals surface area contributed by atoms with Crippen molar-refractivity contribution in [2.75, 3.05) is 13.7 Å². The van der Waals surface area contributed by atoms with E-state index in [2.05, 4.69) is 0 Å². The van der Waals surface area contributed by atoms with Gasteiger partial charge in [-0.05, 0) is 26.3 Å². The molecule has 2 heterocycles. The summed E-state index contributed by atoms with van der Waals surface area (Å²) in [5, 5.41) is -0.0275. The molecule has 8 heteroatoms. The molecular weight excluding hydrogens is 380 g/mol. The number of fused-ring (bicyclic) bond motifs is 1. The van der Waals surface area contributed by atoms with Gasteiger partial charge in [0.05, 0.1) is 41.1 Å². The number of carbonyl (C=O) groups is 3. The van der Waals surface area contributed by atoms with Gasteiger partial charge in [0.15, 0.2) is 0 Å². The average molecular weight is 402 g/mol. The topological polar surface area (TPSA) is 98.9 Å². The lowest BCUT2D eigenvalue weighted by Crippen LogP contribution is -2.40. The number of hydrogen-bond donors (Lipinski definition) is 1. The molecule has 1 aromatic carbocycles. The van der Waals surface area contributed by atoms with Crippen LogP contribution in [0, 0.1) is 6.92 Å². The van der Waals surface area contributed by atoms with Crippen LogP contribution in [0.25, 0.3) is 0 Å². The van der Waals surface area contributed by atoms with Gasteiger partial charge in [0.25, 0.3) is 0 Å². The molecule has 2 N–H and O–H groups in total. The second kappa shape index (κ2) is 7.71. The molecule has 3 rings (SSSR count). The Balaban J connectivity index is 2.30. The van der Waals surface area contributed by atoms with E-state index in [0.717, 1.165) is 5.56 Å². The van der Waals surface area contributed by atoms with E-state index in [1.807, 2.05) is 31.2 Å². The van der Waals surface area contributed by atoms with Crippen LogP contribution in [0.2, 0.25) is 0 Å². The first-order valence-corrected chi connectivity index (χ1v) is 9.76. The van der Waals surface area contributed by atoms with Crippen molar-refractivity contribution < 1.29 is 23.9 Å². The third-order valence-electron chi connectivity index (χ3n) is 4.70. The molecule has 7 nitrogen and oxygen atoms in total. The molecule has 0 saturated carbocycles. The molecule has 28 heavy (non-hydrogen) atoms. The Morgan fingerprint density at radius 3 is 2.39 bits per heavy atom. The molecule has 0 radical (unpaired) electrons. The normalized spacial score (nSPS) is 21.7. The monoisotopic (exact) mass is 402 g/mol. The van der Waals surface area contributed by atoms with Crippen molar-refractivity contribution in [1.29, 1.82) is 0 Å². The third kappa shape index (κ3) is 3.17. The molecule has 0 bridgehead atoms. The molecule has 1 aromatic rings. The van der Waals surface area contributed by atoms with E-state index >= 15 is 0 Å². The van der Waals surface area contributed by atoms with Crippen LogP contribution < -0.4 is 5.73 Å². The number of carbonyl (C=O) groups excluding carboxylic acids is 3. The van der Waals surface area contributed by atoms with Crippen LogP contribution >= 0.6 is 11.8 Å². The molecule has 2 aliphatic rings. The van der Waals surface area contributed by atoms with Crippen LogP contribution in [0.5, 0.6) is 0 Å². The molecule has 0 aromatic heterocycles. The summed E-state index contributed by atoms with van der Waals surface area (Å²) in [6.45, 7) is 5.53. The fourth-order valence-corrected chi connectivity index (χ4v) is 4.50. The maximum absolute atomic E-state index is 12.9. The van der Waals surface area contributed by atoms with E-state index in [-0.39, 0.29) is 29.5 Å².